The molecular weight excluding hydrogens is 697 g/mol. The Labute approximate surface area is 332 Å². The average Bonchev–Trinajstić information content (AvgIpc) is 3.16. The fourth-order valence-corrected chi connectivity index (χ4v) is 6.45. The van der Waals surface area contributed by atoms with Gasteiger partial charge in [0, 0.05) is 19.6 Å². The predicted octanol–water partition coefficient (Wildman–Crippen LogP) is 13.0. The normalized spacial score (nSPS) is 14.1. The Kier molecular flexibility index (Phi) is 40.9. The van der Waals surface area contributed by atoms with Crippen LogP contribution in [0, 0.1) is 0 Å². The molecule has 0 aliphatic heterocycles. The number of hydrogen-bond acceptors (Lipinski definition) is 7. The van der Waals surface area contributed by atoms with Crippen LogP contribution in [0.3, 0.4) is 0 Å². The lowest BCUT2D eigenvalue weighted by molar-refractivity contribution is -0.154. The SMILES string of the molecule is CCC/C=C\C/C=C\CCCCCCCC(=O)OC(COCCCCCCCCC/C=C\C/C=C\C/C=C\CCCCCCC)COP(=O)(O)OCCN. The summed E-state index contributed by atoms with van der Waals surface area (Å²) in [7, 11) is -4.28. The molecule has 3 N–H and O–H groups in total. The molecule has 54 heavy (non-hydrogen) atoms. The zero-order valence-electron chi connectivity index (χ0n) is 34.7. The molecule has 0 amide bonds. The van der Waals surface area contributed by atoms with E-state index in [2.05, 4.69) is 74.6 Å². The molecule has 0 saturated carbocycles. The van der Waals surface area contributed by atoms with Gasteiger partial charge >= 0.3 is 13.8 Å². The van der Waals surface area contributed by atoms with E-state index in [1.165, 1.54) is 77.0 Å². The van der Waals surface area contributed by atoms with Crippen molar-refractivity contribution in [1.82, 2.24) is 0 Å². The molecule has 2 unspecified atom stereocenters. The molecule has 0 radical (unpaired) electrons. The second-order valence-corrected chi connectivity index (χ2v) is 15.7. The molecular formula is C45H82NO7P. The van der Waals surface area contributed by atoms with Gasteiger partial charge in [-0.2, -0.15) is 0 Å². The van der Waals surface area contributed by atoms with Crippen LogP contribution in [-0.2, 0) is 27.9 Å². The molecule has 0 aromatic rings. The minimum Gasteiger partial charge on any atom is -0.457 e. The molecule has 314 valence electrons. The summed E-state index contributed by atoms with van der Waals surface area (Å²) in [6.45, 7) is 4.79. The number of ether oxygens (including phenoxy) is 2. The molecule has 9 heteroatoms. The zero-order chi connectivity index (χ0) is 39.5. The van der Waals surface area contributed by atoms with Crippen LogP contribution in [-0.4, -0.2) is 49.9 Å². The number of phosphoric acid groups is 1. The first kappa shape index (κ1) is 52.2. The van der Waals surface area contributed by atoms with Crippen molar-refractivity contribution in [3.05, 3.63) is 60.8 Å². The maximum absolute atomic E-state index is 12.6. The van der Waals surface area contributed by atoms with Crippen LogP contribution in [0.4, 0.5) is 0 Å². The van der Waals surface area contributed by atoms with Crippen molar-refractivity contribution >= 4 is 13.8 Å². The predicted molar refractivity (Wildman–Crippen MR) is 229 cm³/mol. The van der Waals surface area contributed by atoms with Crippen molar-refractivity contribution in [2.45, 2.75) is 187 Å². The zero-order valence-corrected chi connectivity index (χ0v) is 35.6. The average molecular weight is 780 g/mol. The van der Waals surface area contributed by atoms with Gasteiger partial charge in [0.25, 0.3) is 0 Å². The number of unbranched alkanes of at least 4 members (excludes halogenated alkanes) is 18. The summed E-state index contributed by atoms with van der Waals surface area (Å²) in [6.07, 6.45) is 51.0. The highest BCUT2D eigenvalue weighted by Gasteiger charge is 2.25. The maximum Gasteiger partial charge on any atom is 0.472 e. The molecule has 0 aliphatic carbocycles. The molecule has 0 bridgehead atoms. The molecule has 2 atom stereocenters. The van der Waals surface area contributed by atoms with E-state index < -0.39 is 13.9 Å². The number of allylic oxidation sites excluding steroid dienone is 10. The van der Waals surface area contributed by atoms with Crippen molar-refractivity contribution in [3.8, 4) is 0 Å². The van der Waals surface area contributed by atoms with Crippen molar-refractivity contribution in [2.75, 3.05) is 33.0 Å². The van der Waals surface area contributed by atoms with E-state index in [1.807, 2.05) is 0 Å². The summed E-state index contributed by atoms with van der Waals surface area (Å²) in [4.78, 5) is 22.4. The van der Waals surface area contributed by atoms with Gasteiger partial charge in [0.15, 0.2) is 0 Å². The van der Waals surface area contributed by atoms with Gasteiger partial charge in [-0.15, -0.1) is 0 Å². The van der Waals surface area contributed by atoms with E-state index in [4.69, 9.17) is 24.3 Å². The highest BCUT2D eigenvalue weighted by atomic mass is 31.2. The van der Waals surface area contributed by atoms with Crippen LogP contribution < -0.4 is 5.73 Å². The van der Waals surface area contributed by atoms with Gasteiger partial charge in [0.2, 0.25) is 0 Å². The third-order valence-electron chi connectivity index (χ3n) is 8.89. The Morgan fingerprint density at radius 2 is 1.02 bits per heavy atom. The van der Waals surface area contributed by atoms with Crippen LogP contribution in [0.5, 0.6) is 0 Å². The van der Waals surface area contributed by atoms with Gasteiger partial charge in [-0.25, -0.2) is 4.57 Å². The monoisotopic (exact) mass is 780 g/mol. The molecule has 0 fully saturated rings. The molecule has 0 aliphatic rings. The number of phosphoric ester groups is 1. The lowest BCUT2D eigenvalue weighted by Gasteiger charge is -2.20. The van der Waals surface area contributed by atoms with E-state index in [0.29, 0.717) is 13.0 Å². The smallest absolute Gasteiger partial charge is 0.457 e. The Balaban J connectivity index is 4.04. The first-order valence-electron chi connectivity index (χ1n) is 21.8. The summed E-state index contributed by atoms with van der Waals surface area (Å²) < 4.78 is 33.4. The van der Waals surface area contributed by atoms with E-state index in [9.17, 15) is 14.3 Å². The summed E-state index contributed by atoms with van der Waals surface area (Å²) in [5.74, 6) is -0.351. The second-order valence-electron chi connectivity index (χ2n) is 14.2. The molecule has 0 heterocycles. The number of rotatable bonds is 41. The van der Waals surface area contributed by atoms with E-state index in [-0.39, 0.29) is 32.3 Å². The van der Waals surface area contributed by atoms with Gasteiger partial charge in [-0.3, -0.25) is 13.8 Å². The van der Waals surface area contributed by atoms with E-state index >= 15 is 0 Å². The fourth-order valence-electron chi connectivity index (χ4n) is 5.69. The van der Waals surface area contributed by atoms with Crippen molar-refractivity contribution in [3.63, 3.8) is 0 Å². The Morgan fingerprint density at radius 3 is 1.54 bits per heavy atom. The van der Waals surface area contributed by atoms with E-state index in [1.54, 1.807) is 0 Å². The first-order valence-corrected chi connectivity index (χ1v) is 23.3. The lowest BCUT2D eigenvalue weighted by Crippen LogP contribution is -2.28. The van der Waals surface area contributed by atoms with E-state index in [0.717, 1.165) is 83.5 Å². The highest BCUT2D eigenvalue weighted by Crippen LogP contribution is 2.43. The molecule has 0 saturated heterocycles. The summed E-state index contributed by atoms with van der Waals surface area (Å²) in [5, 5.41) is 0. The van der Waals surface area contributed by atoms with Gasteiger partial charge in [-0.1, -0.05) is 158 Å². The first-order chi connectivity index (χ1) is 26.4. The summed E-state index contributed by atoms with van der Waals surface area (Å²) in [5.41, 5.74) is 5.36. The van der Waals surface area contributed by atoms with Crippen LogP contribution >= 0.6 is 7.82 Å². The molecule has 0 rings (SSSR count). The minimum absolute atomic E-state index is 0.0934. The molecule has 0 aromatic carbocycles. The molecule has 8 nitrogen and oxygen atoms in total. The largest absolute Gasteiger partial charge is 0.472 e. The molecule has 0 aromatic heterocycles. The van der Waals surface area contributed by atoms with Gasteiger partial charge < -0.3 is 20.1 Å². The fraction of sp³-hybridized carbons (Fsp3) is 0.756. The van der Waals surface area contributed by atoms with Gasteiger partial charge in [0.1, 0.15) is 6.10 Å². The summed E-state index contributed by atoms with van der Waals surface area (Å²) in [6, 6.07) is 0. The molecule has 0 spiro atoms. The van der Waals surface area contributed by atoms with Crippen molar-refractivity contribution < 1.29 is 32.8 Å². The Bertz CT molecular complexity index is 1010. The Morgan fingerprint density at radius 1 is 0.556 bits per heavy atom. The number of hydrogen-bond donors (Lipinski definition) is 2. The number of carbonyl (C=O) groups excluding carboxylic acids is 1. The summed E-state index contributed by atoms with van der Waals surface area (Å²) >= 11 is 0. The second kappa shape index (κ2) is 42.3. The highest BCUT2D eigenvalue weighted by molar-refractivity contribution is 7.47. The van der Waals surface area contributed by atoms with Crippen LogP contribution in [0.2, 0.25) is 0 Å². The maximum atomic E-state index is 12.6. The van der Waals surface area contributed by atoms with Crippen molar-refractivity contribution in [2.24, 2.45) is 5.73 Å². The number of carbonyl (C=O) groups is 1. The van der Waals surface area contributed by atoms with Crippen LogP contribution in [0.25, 0.3) is 0 Å². The topological polar surface area (TPSA) is 117 Å². The van der Waals surface area contributed by atoms with Gasteiger partial charge in [0.05, 0.1) is 19.8 Å². The third-order valence-corrected chi connectivity index (χ3v) is 9.87. The lowest BCUT2D eigenvalue weighted by atomic mass is 10.1. The third kappa shape index (κ3) is 41.4. The van der Waals surface area contributed by atoms with Crippen LogP contribution in [0.1, 0.15) is 181 Å². The Hall–Kier alpha value is -1.80. The van der Waals surface area contributed by atoms with Crippen molar-refractivity contribution in [1.29, 1.82) is 0 Å². The quantitative estimate of drug-likeness (QED) is 0.0273. The minimum atomic E-state index is -4.28. The van der Waals surface area contributed by atoms with Crippen LogP contribution in [0.15, 0.2) is 60.8 Å². The number of esters is 1. The number of nitrogens with two attached hydrogens (primary N) is 1. The standard InChI is InChI=1S/C45H82NO7P/c1-3-5-7-9-11-13-15-17-18-19-20-21-22-23-24-25-27-29-31-33-35-37-40-50-42-44(43-52-54(48,49)51-41-39-46)53-45(47)38-36-34-32-30-28-26-16-14-12-10-8-6-4-2/h8,10,14-17,19-20,22-23,44H,3-7,9,11-13,18,21,24-43,46H2,1-2H3,(H,48,49)/b10-8-,16-14-,17-15-,20-19-,23-22-. The van der Waals surface area contributed by atoms with Gasteiger partial charge in [-0.05, 0) is 77.0 Å².